The van der Waals surface area contributed by atoms with Crippen LogP contribution in [0.3, 0.4) is 0 Å². The van der Waals surface area contributed by atoms with Gasteiger partial charge in [-0.2, -0.15) is 0 Å². The molecule has 0 saturated heterocycles. The monoisotopic (exact) mass is 253 g/mol. The number of para-hydroxylation sites is 1. The number of halogens is 1. The van der Waals surface area contributed by atoms with Gasteiger partial charge in [0.2, 0.25) is 0 Å². The summed E-state index contributed by atoms with van der Waals surface area (Å²) in [7, 11) is 0. The minimum Gasteiger partial charge on any atom is -0.394 e. The highest BCUT2D eigenvalue weighted by Crippen LogP contribution is 2.28. The fraction of sp³-hybridized carbons (Fsp3) is 0.600. The van der Waals surface area contributed by atoms with Gasteiger partial charge in [-0.05, 0) is 30.9 Å². The Balaban J connectivity index is 2.88. The predicted octanol–water partition coefficient (Wildman–Crippen LogP) is 3.81. The van der Waals surface area contributed by atoms with E-state index in [0.717, 1.165) is 19.3 Å². The normalized spacial score (nSPS) is 16.1. The second-order valence-electron chi connectivity index (χ2n) is 5.11. The van der Waals surface area contributed by atoms with E-state index in [1.807, 2.05) is 6.92 Å². The molecule has 2 N–H and O–H groups in total. The van der Waals surface area contributed by atoms with Crippen LogP contribution < -0.4 is 5.32 Å². The topological polar surface area (TPSA) is 32.3 Å². The highest BCUT2D eigenvalue weighted by atomic mass is 19.1. The van der Waals surface area contributed by atoms with Gasteiger partial charge >= 0.3 is 0 Å². The largest absolute Gasteiger partial charge is 0.394 e. The number of hydrogen-bond donors (Lipinski definition) is 2. The van der Waals surface area contributed by atoms with Crippen molar-refractivity contribution < 1.29 is 9.50 Å². The highest BCUT2D eigenvalue weighted by Gasteiger charge is 2.29. The van der Waals surface area contributed by atoms with Gasteiger partial charge in [0.05, 0.1) is 17.8 Å². The lowest BCUT2D eigenvalue weighted by molar-refractivity contribution is 0.181. The summed E-state index contributed by atoms with van der Waals surface area (Å²) >= 11 is 0. The maximum atomic E-state index is 13.7. The Morgan fingerprint density at radius 1 is 1.33 bits per heavy atom. The summed E-state index contributed by atoms with van der Waals surface area (Å²) in [5.41, 5.74) is 0.0363. The summed E-state index contributed by atoms with van der Waals surface area (Å²) in [5.74, 6) is 0.226. The van der Waals surface area contributed by atoms with E-state index in [4.69, 9.17) is 0 Å². The van der Waals surface area contributed by atoms with Crippen molar-refractivity contribution in [3.63, 3.8) is 0 Å². The molecule has 0 radical (unpaired) electrons. The third-order valence-corrected chi connectivity index (χ3v) is 3.69. The lowest BCUT2D eigenvalue weighted by atomic mass is 9.85. The molecule has 0 heterocycles. The van der Waals surface area contributed by atoms with E-state index in [1.165, 1.54) is 6.07 Å². The summed E-state index contributed by atoms with van der Waals surface area (Å²) in [6.07, 6.45) is 2.66. The summed E-state index contributed by atoms with van der Waals surface area (Å²) in [4.78, 5) is 0. The number of anilines is 1. The van der Waals surface area contributed by atoms with Crippen LogP contribution in [0.2, 0.25) is 0 Å². The van der Waals surface area contributed by atoms with E-state index in [2.05, 4.69) is 19.2 Å². The van der Waals surface area contributed by atoms with Crippen LogP contribution in [0.5, 0.6) is 0 Å². The molecule has 0 amide bonds. The second-order valence-corrected chi connectivity index (χ2v) is 5.11. The van der Waals surface area contributed by atoms with Crippen molar-refractivity contribution in [2.24, 2.45) is 5.92 Å². The van der Waals surface area contributed by atoms with Gasteiger partial charge in [-0.1, -0.05) is 39.3 Å². The highest BCUT2D eigenvalue weighted by molar-refractivity contribution is 5.46. The lowest BCUT2D eigenvalue weighted by Gasteiger charge is -2.35. The first-order valence-corrected chi connectivity index (χ1v) is 6.70. The molecule has 0 aliphatic heterocycles. The average molecular weight is 253 g/mol. The molecular weight excluding hydrogens is 229 g/mol. The Morgan fingerprint density at radius 2 is 2.00 bits per heavy atom. The van der Waals surface area contributed by atoms with Gasteiger partial charge in [0.15, 0.2) is 0 Å². The van der Waals surface area contributed by atoms with Gasteiger partial charge in [0, 0.05) is 0 Å². The van der Waals surface area contributed by atoms with E-state index in [1.54, 1.807) is 18.2 Å². The van der Waals surface area contributed by atoms with E-state index < -0.39 is 5.54 Å². The van der Waals surface area contributed by atoms with Gasteiger partial charge in [0.25, 0.3) is 0 Å². The first kappa shape index (κ1) is 15.0. The third kappa shape index (κ3) is 3.70. The van der Waals surface area contributed by atoms with Gasteiger partial charge < -0.3 is 10.4 Å². The van der Waals surface area contributed by atoms with Crippen LogP contribution >= 0.6 is 0 Å². The SMILES string of the molecule is CCC(C)CC(CC)(CO)Nc1ccccc1F. The van der Waals surface area contributed by atoms with Gasteiger partial charge in [0.1, 0.15) is 5.82 Å². The zero-order valence-electron chi connectivity index (χ0n) is 11.5. The summed E-state index contributed by atoms with van der Waals surface area (Å²) in [6, 6.07) is 6.61. The molecular formula is C15H24FNO. The van der Waals surface area contributed by atoms with Crippen LogP contribution in [0.4, 0.5) is 10.1 Å². The average Bonchev–Trinajstić information content (AvgIpc) is 2.40. The van der Waals surface area contributed by atoms with Crippen molar-refractivity contribution in [1.29, 1.82) is 0 Å². The van der Waals surface area contributed by atoms with Crippen molar-refractivity contribution in [3.8, 4) is 0 Å². The molecule has 1 aromatic carbocycles. The molecule has 0 fully saturated rings. The molecule has 0 aliphatic rings. The molecule has 0 aromatic heterocycles. The van der Waals surface area contributed by atoms with Crippen molar-refractivity contribution in [2.75, 3.05) is 11.9 Å². The number of nitrogens with one attached hydrogen (secondary N) is 1. The van der Waals surface area contributed by atoms with Crippen LogP contribution in [0, 0.1) is 11.7 Å². The second kappa shape index (κ2) is 6.74. The quantitative estimate of drug-likeness (QED) is 0.774. The predicted molar refractivity (Wildman–Crippen MR) is 74.2 cm³/mol. The zero-order valence-corrected chi connectivity index (χ0v) is 11.5. The van der Waals surface area contributed by atoms with Gasteiger partial charge in [-0.3, -0.25) is 0 Å². The Morgan fingerprint density at radius 3 is 2.50 bits per heavy atom. The third-order valence-electron chi connectivity index (χ3n) is 3.69. The zero-order chi connectivity index (χ0) is 13.6. The molecule has 102 valence electrons. The summed E-state index contributed by atoms with van der Waals surface area (Å²) in [5, 5.41) is 12.9. The molecule has 2 unspecified atom stereocenters. The number of aliphatic hydroxyl groups excluding tert-OH is 1. The Labute approximate surface area is 109 Å². The fourth-order valence-electron chi connectivity index (χ4n) is 2.16. The molecule has 0 bridgehead atoms. The van der Waals surface area contributed by atoms with Crippen molar-refractivity contribution in [3.05, 3.63) is 30.1 Å². The fourth-order valence-corrected chi connectivity index (χ4v) is 2.16. The van der Waals surface area contributed by atoms with Crippen LogP contribution in [0.25, 0.3) is 0 Å². The van der Waals surface area contributed by atoms with E-state index in [0.29, 0.717) is 11.6 Å². The Hall–Kier alpha value is -1.09. The van der Waals surface area contributed by atoms with Crippen LogP contribution in [-0.2, 0) is 0 Å². The first-order valence-electron chi connectivity index (χ1n) is 6.70. The maximum absolute atomic E-state index is 13.7. The minimum atomic E-state index is -0.433. The smallest absolute Gasteiger partial charge is 0.146 e. The number of rotatable bonds is 7. The molecule has 0 spiro atoms. The van der Waals surface area contributed by atoms with Crippen molar-refractivity contribution in [2.45, 2.75) is 45.6 Å². The summed E-state index contributed by atoms with van der Waals surface area (Å²) < 4.78 is 13.7. The van der Waals surface area contributed by atoms with E-state index in [9.17, 15) is 9.50 Å². The molecule has 1 rings (SSSR count). The maximum Gasteiger partial charge on any atom is 0.146 e. The molecule has 0 saturated carbocycles. The van der Waals surface area contributed by atoms with Gasteiger partial charge in [-0.15, -0.1) is 0 Å². The van der Waals surface area contributed by atoms with E-state index in [-0.39, 0.29) is 12.4 Å². The first-order chi connectivity index (χ1) is 8.56. The van der Waals surface area contributed by atoms with E-state index >= 15 is 0 Å². The Bertz CT molecular complexity index is 363. The Kier molecular flexibility index (Phi) is 5.60. The lowest BCUT2D eigenvalue weighted by Crippen LogP contribution is -2.43. The van der Waals surface area contributed by atoms with Gasteiger partial charge in [-0.25, -0.2) is 4.39 Å². The van der Waals surface area contributed by atoms with Crippen molar-refractivity contribution >= 4 is 5.69 Å². The number of aliphatic hydroxyl groups is 1. The minimum absolute atomic E-state index is 0.0160. The summed E-state index contributed by atoms with van der Waals surface area (Å²) in [6.45, 7) is 6.32. The molecule has 2 nitrogen and oxygen atoms in total. The molecule has 3 heteroatoms. The van der Waals surface area contributed by atoms with Crippen LogP contribution in [-0.4, -0.2) is 17.3 Å². The van der Waals surface area contributed by atoms with Crippen LogP contribution in [0.1, 0.15) is 40.0 Å². The molecule has 18 heavy (non-hydrogen) atoms. The number of hydrogen-bond acceptors (Lipinski definition) is 2. The molecule has 1 aromatic rings. The van der Waals surface area contributed by atoms with Crippen LogP contribution in [0.15, 0.2) is 24.3 Å². The standard InChI is InChI=1S/C15H24FNO/c1-4-12(3)10-15(5-2,11-18)17-14-9-7-6-8-13(14)16/h6-9,12,17-18H,4-5,10-11H2,1-3H3. The number of benzene rings is 1. The molecule has 0 aliphatic carbocycles. The molecule has 2 atom stereocenters. The van der Waals surface area contributed by atoms with Crippen molar-refractivity contribution in [1.82, 2.24) is 0 Å².